The molecule has 0 aromatic heterocycles. The molecule has 1 fully saturated rings. The van der Waals surface area contributed by atoms with Crippen molar-refractivity contribution in [3.63, 3.8) is 0 Å². The lowest BCUT2D eigenvalue weighted by Crippen LogP contribution is -2.49. The number of nitrogens with zero attached hydrogens (tertiary/aromatic N) is 2. The van der Waals surface area contributed by atoms with Crippen LogP contribution in [0.15, 0.2) is 46.9 Å². The highest BCUT2D eigenvalue weighted by Crippen LogP contribution is 2.30. The van der Waals surface area contributed by atoms with E-state index < -0.39 is 5.60 Å². The van der Waals surface area contributed by atoms with Crippen molar-refractivity contribution in [3.05, 3.63) is 52.0 Å². The third-order valence-corrected chi connectivity index (χ3v) is 6.33. The Labute approximate surface area is 209 Å². The zero-order chi connectivity index (χ0) is 24.2. The molecule has 1 N–H and O–H groups in total. The molecule has 8 heteroatoms. The third-order valence-electron chi connectivity index (χ3n) is 5.49. The van der Waals surface area contributed by atoms with Gasteiger partial charge in [0.15, 0.2) is 5.60 Å². The molecule has 0 bridgehead atoms. The lowest BCUT2D eigenvalue weighted by molar-refractivity contribution is -0.132. The lowest BCUT2D eigenvalue weighted by Gasteiger charge is -2.37. The normalized spacial score (nSPS) is 14.4. The van der Waals surface area contributed by atoms with E-state index in [9.17, 15) is 9.59 Å². The number of carbonyl (C=O) groups excluding carboxylic acids is 2. The molecule has 178 valence electrons. The Kier molecular flexibility index (Phi) is 8.29. The number of nitrogens with one attached hydrogen (secondary N) is 1. The minimum absolute atomic E-state index is 0.210. The van der Waals surface area contributed by atoms with Gasteiger partial charge in [0.25, 0.3) is 5.91 Å². The van der Waals surface area contributed by atoms with Crippen molar-refractivity contribution in [2.45, 2.75) is 39.7 Å². The Bertz CT molecular complexity index is 987. The maximum Gasteiger partial charge on any atom is 0.267 e. The van der Waals surface area contributed by atoms with Crippen LogP contribution in [0.2, 0.25) is 5.02 Å². The molecular formula is C25H31BrClN3O3. The molecule has 33 heavy (non-hydrogen) atoms. The smallest absolute Gasteiger partial charge is 0.267 e. The van der Waals surface area contributed by atoms with Gasteiger partial charge in [0.1, 0.15) is 5.75 Å². The largest absolute Gasteiger partial charge is 0.478 e. The molecule has 1 heterocycles. The second-order valence-electron chi connectivity index (χ2n) is 9.15. The summed E-state index contributed by atoms with van der Waals surface area (Å²) in [6, 6.07) is 12.8. The van der Waals surface area contributed by atoms with Crippen LogP contribution in [0.1, 0.15) is 34.1 Å². The van der Waals surface area contributed by atoms with Crippen LogP contribution in [0.4, 0.5) is 11.4 Å². The maximum absolute atomic E-state index is 12.8. The number of amides is 2. The Balaban J connectivity index is 1.59. The first kappa shape index (κ1) is 25.4. The van der Waals surface area contributed by atoms with Crippen molar-refractivity contribution >= 4 is 50.7 Å². The van der Waals surface area contributed by atoms with Crippen molar-refractivity contribution in [1.29, 1.82) is 0 Å². The molecule has 6 nitrogen and oxygen atoms in total. The molecule has 1 aliphatic rings. The van der Waals surface area contributed by atoms with Crippen LogP contribution in [0.3, 0.4) is 0 Å². The molecule has 0 aliphatic carbocycles. The molecule has 2 amide bonds. The predicted octanol–water partition coefficient (Wildman–Crippen LogP) is 5.59. The first-order chi connectivity index (χ1) is 15.5. The monoisotopic (exact) mass is 535 g/mol. The number of rotatable bonds is 7. The van der Waals surface area contributed by atoms with Crippen LogP contribution in [-0.2, 0) is 9.59 Å². The van der Waals surface area contributed by atoms with Gasteiger partial charge >= 0.3 is 0 Å². The van der Waals surface area contributed by atoms with Gasteiger partial charge in [-0.1, -0.05) is 41.4 Å². The van der Waals surface area contributed by atoms with Gasteiger partial charge in [-0.3, -0.25) is 9.59 Å². The van der Waals surface area contributed by atoms with Gasteiger partial charge in [-0.25, -0.2) is 0 Å². The Morgan fingerprint density at radius 3 is 2.30 bits per heavy atom. The van der Waals surface area contributed by atoms with Crippen LogP contribution in [0.5, 0.6) is 5.75 Å². The van der Waals surface area contributed by atoms with E-state index in [1.54, 1.807) is 32.0 Å². The molecule has 0 radical (unpaired) electrons. The quantitative estimate of drug-likeness (QED) is 0.501. The van der Waals surface area contributed by atoms with Gasteiger partial charge in [-0.2, -0.15) is 0 Å². The summed E-state index contributed by atoms with van der Waals surface area (Å²) in [4.78, 5) is 29.2. The van der Waals surface area contributed by atoms with E-state index in [2.05, 4.69) is 40.0 Å². The topological polar surface area (TPSA) is 61.9 Å². The molecule has 0 spiro atoms. The van der Waals surface area contributed by atoms with Crippen molar-refractivity contribution in [3.8, 4) is 5.75 Å². The highest BCUT2D eigenvalue weighted by molar-refractivity contribution is 9.10. The second kappa shape index (κ2) is 10.8. The van der Waals surface area contributed by atoms with Crippen molar-refractivity contribution in [2.75, 3.05) is 36.4 Å². The maximum atomic E-state index is 12.8. The average molecular weight is 537 g/mol. The van der Waals surface area contributed by atoms with Crippen LogP contribution in [-0.4, -0.2) is 48.5 Å². The average Bonchev–Trinajstić information content (AvgIpc) is 2.75. The van der Waals surface area contributed by atoms with Gasteiger partial charge in [0.05, 0.1) is 10.7 Å². The van der Waals surface area contributed by atoms with E-state index in [4.69, 9.17) is 16.3 Å². The lowest BCUT2D eigenvalue weighted by atomic mass is 10.1. The van der Waals surface area contributed by atoms with Gasteiger partial charge in [-0.05, 0) is 62.2 Å². The van der Waals surface area contributed by atoms with E-state index in [0.29, 0.717) is 41.9 Å². The number of piperazine rings is 1. The predicted molar refractivity (Wildman–Crippen MR) is 137 cm³/mol. The summed E-state index contributed by atoms with van der Waals surface area (Å²) in [5.41, 5.74) is 0.431. The number of hydrogen-bond donors (Lipinski definition) is 1. The van der Waals surface area contributed by atoms with Gasteiger partial charge < -0.3 is 19.9 Å². The first-order valence-corrected chi connectivity index (χ1v) is 12.3. The molecule has 1 aliphatic heterocycles. The van der Waals surface area contributed by atoms with Crippen LogP contribution >= 0.6 is 27.5 Å². The number of anilines is 2. The van der Waals surface area contributed by atoms with Crippen LogP contribution < -0.4 is 15.0 Å². The fourth-order valence-electron chi connectivity index (χ4n) is 3.64. The number of hydrogen-bond acceptors (Lipinski definition) is 4. The summed E-state index contributed by atoms with van der Waals surface area (Å²) in [6.45, 7) is 10.4. The second-order valence-corrected chi connectivity index (χ2v) is 10.5. The van der Waals surface area contributed by atoms with Crippen LogP contribution in [0.25, 0.3) is 0 Å². The van der Waals surface area contributed by atoms with E-state index in [1.807, 2.05) is 29.2 Å². The van der Waals surface area contributed by atoms with Crippen LogP contribution in [0, 0.1) is 5.92 Å². The zero-order valence-corrected chi connectivity index (χ0v) is 21.9. The van der Waals surface area contributed by atoms with Gasteiger partial charge in [0.2, 0.25) is 5.91 Å². The van der Waals surface area contributed by atoms with Gasteiger partial charge in [0, 0.05) is 42.8 Å². The Morgan fingerprint density at radius 2 is 1.73 bits per heavy atom. The minimum atomic E-state index is -1.07. The Hall–Kier alpha value is -2.25. The third kappa shape index (κ3) is 6.87. The first-order valence-electron chi connectivity index (χ1n) is 11.1. The summed E-state index contributed by atoms with van der Waals surface area (Å²) in [6.07, 6.45) is 0.580. The molecule has 1 saturated heterocycles. The molecule has 0 atom stereocenters. The summed E-state index contributed by atoms with van der Waals surface area (Å²) >= 11 is 9.95. The number of carbonyl (C=O) groups is 2. The molecule has 2 aromatic rings. The van der Waals surface area contributed by atoms with Crippen molar-refractivity contribution in [1.82, 2.24) is 4.90 Å². The molecule has 0 saturated carbocycles. The SMILES string of the molecule is CC(C)CC(=O)N1CCN(c2ccc(NC(=O)C(C)(C)Oc3ccc(Br)cc3)cc2Cl)CC1. The fraction of sp³-hybridized carbons (Fsp3) is 0.440. The summed E-state index contributed by atoms with van der Waals surface area (Å²) in [7, 11) is 0. The Morgan fingerprint density at radius 1 is 1.09 bits per heavy atom. The van der Waals surface area contributed by atoms with E-state index >= 15 is 0 Å². The highest BCUT2D eigenvalue weighted by Gasteiger charge is 2.30. The van der Waals surface area contributed by atoms with Crippen molar-refractivity contribution in [2.24, 2.45) is 5.92 Å². The van der Waals surface area contributed by atoms with E-state index in [0.717, 1.165) is 23.2 Å². The standard InChI is InChI=1S/C25H31BrClN3O3/c1-17(2)15-23(31)30-13-11-29(12-14-30)22-10-7-19(16-21(22)27)28-24(32)25(3,4)33-20-8-5-18(26)6-9-20/h5-10,16-17H,11-15H2,1-4H3,(H,28,32). The molecule has 3 rings (SSSR count). The molecule has 0 unspecified atom stereocenters. The summed E-state index contributed by atoms with van der Waals surface area (Å²) in [5.74, 6) is 0.906. The minimum Gasteiger partial charge on any atom is -0.478 e. The number of benzene rings is 2. The number of halogens is 2. The number of ether oxygens (including phenoxy) is 1. The fourth-order valence-corrected chi connectivity index (χ4v) is 4.21. The highest BCUT2D eigenvalue weighted by atomic mass is 79.9. The van der Waals surface area contributed by atoms with E-state index in [-0.39, 0.29) is 11.8 Å². The summed E-state index contributed by atoms with van der Waals surface area (Å²) < 4.78 is 6.83. The van der Waals surface area contributed by atoms with E-state index in [1.165, 1.54) is 0 Å². The zero-order valence-electron chi connectivity index (χ0n) is 19.5. The summed E-state index contributed by atoms with van der Waals surface area (Å²) in [5, 5.41) is 3.45. The molecular weight excluding hydrogens is 506 g/mol. The molecule has 2 aromatic carbocycles. The van der Waals surface area contributed by atoms with Gasteiger partial charge in [-0.15, -0.1) is 0 Å². The van der Waals surface area contributed by atoms with Crippen molar-refractivity contribution < 1.29 is 14.3 Å².